The van der Waals surface area contributed by atoms with Crippen LogP contribution in [0.4, 0.5) is 0 Å². The number of allylic oxidation sites excluding steroid dienone is 6. The Morgan fingerprint density at radius 1 is 0.696 bits per heavy atom. The molecule has 2 rings (SSSR count). The van der Waals surface area contributed by atoms with Crippen LogP contribution >= 0.6 is 0 Å². The Kier molecular flexibility index (Phi) is 7.32. The number of benzene rings is 1. The molecule has 0 aromatic heterocycles. The van der Waals surface area contributed by atoms with Crippen molar-refractivity contribution in [3.05, 3.63) is 96.2 Å². The first-order valence-corrected chi connectivity index (χ1v) is 7.10. The van der Waals surface area contributed by atoms with Gasteiger partial charge < -0.3 is 4.74 Å². The smallest absolute Gasteiger partial charge is 0.0901 e. The summed E-state index contributed by atoms with van der Waals surface area (Å²) in [4.78, 5) is 12.7. The van der Waals surface area contributed by atoms with Crippen LogP contribution in [0.5, 0.6) is 0 Å². The van der Waals surface area contributed by atoms with Crippen LogP contribution in [0, 0.1) is 0 Å². The quantitative estimate of drug-likeness (QED) is 0.727. The fourth-order valence-electron chi connectivity index (χ4n) is 1.59. The van der Waals surface area contributed by atoms with Crippen molar-refractivity contribution in [1.82, 2.24) is 0 Å². The normalized spacial score (nSPS) is 14.8. The summed E-state index contributed by atoms with van der Waals surface area (Å²) in [5, 5.41) is 1.79. The van der Waals surface area contributed by atoms with E-state index < -0.39 is 0 Å². The van der Waals surface area contributed by atoms with E-state index in [0.717, 1.165) is 10.6 Å². The van der Waals surface area contributed by atoms with Gasteiger partial charge in [-0.25, -0.2) is 0 Å². The molecule has 0 radical (unpaired) electrons. The second kappa shape index (κ2) is 10.5. The predicted molar refractivity (Wildman–Crippen MR) is 95.5 cm³/mol. The molecule has 0 bridgehead atoms. The Morgan fingerprint density at radius 2 is 1.52 bits per heavy atom. The van der Waals surface area contributed by atoms with E-state index >= 15 is 0 Å². The third-order valence-corrected chi connectivity index (χ3v) is 2.61. The minimum absolute atomic E-state index is 0.847. The van der Waals surface area contributed by atoms with E-state index in [9.17, 15) is 0 Å². The van der Waals surface area contributed by atoms with Crippen LogP contribution in [0.1, 0.15) is 0 Å². The molecule has 0 fully saturated rings. The summed E-state index contributed by atoms with van der Waals surface area (Å²) in [5.41, 5.74) is 0. The number of rotatable bonds is 0. The lowest BCUT2D eigenvalue weighted by atomic mass is 10.3. The van der Waals surface area contributed by atoms with E-state index in [0.29, 0.717) is 0 Å². The zero-order valence-corrected chi connectivity index (χ0v) is 12.6. The topological polar surface area (TPSA) is 46.3 Å². The van der Waals surface area contributed by atoms with E-state index in [4.69, 9.17) is 4.74 Å². The van der Waals surface area contributed by atoms with E-state index in [1.54, 1.807) is 73.9 Å². The van der Waals surface area contributed by atoms with Crippen LogP contribution in [0.2, 0.25) is 0 Å². The molecule has 114 valence electrons. The van der Waals surface area contributed by atoms with Gasteiger partial charge in [0.1, 0.15) is 0 Å². The number of ether oxygens (including phenoxy) is 1. The largest absolute Gasteiger partial charge is 0.473 e. The van der Waals surface area contributed by atoms with Crippen molar-refractivity contribution >= 4 is 18.6 Å². The van der Waals surface area contributed by atoms with Gasteiger partial charge in [0, 0.05) is 36.2 Å². The molecular weight excluding hydrogens is 286 g/mol. The second-order valence-corrected chi connectivity index (χ2v) is 4.27. The van der Waals surface area contributed by atoms with Gasteiger partial charge in [0.2, 0.25) is 0 Å². The zero-order valence-electron chi connectivity index (χ0n) is 12.6. The molecule has 1 aromatic rings. The first kappa shape index (κ1) is 16.1. The van der Waals surface area contributed by atoms with Crippen LogP contribution in [-0.2, 0) is 4.74 Å². The molecule has 23 heavy (non-hydrogen) atoms. The first-order chi connectivity index (χ1) is 11.5. The van der Waals surface area contributed by atoms with Crippen molar-refractivity contribution in [2.45, 2.75) is 0 Å². The van der Waals surface area contributed by atoms with E-state index in [1.165, 1.54) is 0 Å². The minimum atomic E-state index is 0.847. The summed E-state index contributed by atoms with van der Waals surface area (Å²) >= 11 is 0. The highest BCUT2D eigenvalue weighted by atomic mass is 16.5. The van der Waals surface area contributed by atoms with Crippen molar-refractivity contribution in [3.63, 3.8) is 0 Å². The maximum Gasteiger partial charge on any atom is 0.0901 e. The molecule has 4 heteroatoms. The van der Waals surface area contributed by atoms with Gasteiger partial charge in [-0.1, -0.05) is 24.3 Å². The second-order valence-electron chi connectivity index (χ2n) is 4.27. The summed E-state index contributed by atoms with van der Waals surface area (Å²) in [6.07, 6.45) is 22.4. The molecule has 1 heterocycles. The molecule has 0 N–H and O–H groups in total. The maximum absolute atomic E-state index is 5.18. The highest BCUT2D eigenvalue weighted by molar-refractivity contribution is 5.75. The maximum atomic E-state index is 5.18. The van der Waals surface area contributed by atoms with Crippen molar-refractivity contribution in [1.29, 1.82) is 0 Å². The zero-order chi connectivity index (χ0) is 16.0. The minimum Gasteiger partial charge on any atom is -0.473 e. The first-order valence-electron chi connectivity index (χ1n) is 7.10. The molecule has 0 amide bonds. The number of hydrogen-bond acceptors (Lipinski definition) is 4. The Hall–Kier alpha value is -3.27. The van der Waals surface area contributed by atoms with Crippen LogP contribution in [0.15, 0.2) is 101 Å². The summed E-state index contributed by atoms with van der Waals surface area (Å²) in [6, 6.07) is 7.78. The van der Waals surface area contributed by atoms with E-state index in [-0.39, 0.29) is 0 Å². The Labute approximate surface area is 135 Å². The highest BCUT2D eigenvalue weighted by Gasteiger charge is 1.82. The highest BCUT2D eigenvalue weighted by Crippen LogP contribution is 1.85. The third-order valence-electron chi connectivity index (χ3n) is 2.61. The fraction of sp³-hybridized carbons (Fsp3) is 0. The summed E-state index contributed by atoms with van der Waals surface area (Å²) < 4.78 is 5.18. The number of fused-ring (bicyclic) bond motifs is 1. The summed E-state index contributed by atoms with van der Waals surface area (Å²) in [6.45, 7) is 0. The molecule has 0 atom stereocenters. The molecule has 0 spiro atoms. The Balaban J connectivity index is 2.29. The van der Waals surface area contributed by atoms with E-state index in [1.807, 2.05) is 30.3 Å². The monoisotopic (exact) mass is 303 g/mol. The van der Waals surface area contributed by atoms with Gasteiger partial charge in [-0.3, -0.25) is 15.0 Å². The molecule has 1 aromatic carbocycles. The van der Waals surface area contributed by atoms with Gasteiger partial charge in [0.25, 0.3) is 0 Å². The predicted octanol–water partition coefficient (Wildman–Crippen LogP) is 2.83. The molecule has 0 aliphatic carbocycles. The number of para-hydroxylation sites is 1. The van der Waals surface area contributed by atoms with Crippen molar-refractivity contribution in [2.24, 2.45) is 15.0 Å². The Bertz CT molecular complexity index is 809. The lowest BCUT2D eigenvalue weighted by Gasteiger charge is -1.87. The number of aliphatic imine (C=N–C) groups is 2. The van der Waals surface area contributed by atoms with Crippen LogP contribution in [0.3, 0.4) is 0 Å². The average molecular weight is 303 g/mol. The fourth-order valence-corrected chi connectivity index (χ4v) is 1.59. The molecule has 1 aliphatic rings. The van der Waals surface area contributed by atoms with Crippen molar-refractivity contribution in [2.75, 3.05) is 0 Å². The Morgan fingerprint density at radius 3 is 2.48 bits per heavy atom. The molecular formula is C19H17N3O. The SMILES string of the molecule is C1=CC=NC=CC=NC=c2ccccc2=NC=CC=COC=C1. The van der Waals surface area contributed by atoms with Gasteiger partial charge in [0.05, 0.1) is 17.9 Å². The van der Waals surface area contributed by atoms with Crippen LogP contribution in [0.25, 0.3) is 6.20 Å². The molecule has 4 nitrogen and oxygen atoms in total. The van der Waals surface area contributed by atoms with Gasteiger partial charge in [0.15, 0.2) is 0 Å². The lowest BCUT2D eigenvalue weighted by Crippen LogP contribution is -2.23. The van der Waals surface area contributed by atoms with Gasteiger partial charge in [-0.05, 0) is 36.4 Å². The van der Waals surface area contributed by atoms with E-state index in [2.05, 4.69) is 15.0 Å². The average Bonchev–Trinajstić information content (AvgIpc) is 2.58. The standard InChI is InChI=1S/C19H17N3O/c1-4-11-20-12-8-13-21-17-18-9-2-3-10-19(18)22-14-5-7-16-23-15-6-1/h1-17H. The lowest BCUT2D eigenvalue weighted by molar-refractivity contribution is 0.403. The molecule has 0 saturated carbocycles. The third kappa shape index (κ3) is 6.82. The van der Waals surface area contributed by atoms with Crippen molar-refractivity contribution < 1.29 is 4.74 Å². The van der Waals surface area contributed by atoms with Gasteiger partial charge in [-0.2, -0.15) is 0 Å². The molecule has 0 saturated heterocycles. The van der Waals surface area contributed by atoms with Crippen LogP contribution in [-0.4, -0.2) is 12.4 Å². The van der Waals surface area contributed by atoms with Crippen LogP contribution < -0.4 is 10.6 Å². The van der Waals surface area contributed by atoms with Gasteiger partial charge in [-0.15, -0.1) is 0 Å². The molecule has 1 aliphatic heterocycles. The summed E-state index contributed by atoms with van der Waals surface area (Å²) in [7, 11) is 0. The molecule has 0 unspecified atom stereocenters. The number of nitrogens with zero attached hydrogens (tertiary/aromatic N) is 3. The number of hydrogen-bond donors (Lipinski definition) is 0. The van der Waals surface area contributed by atoms with Gasteiger partial charge >= 0.3 is 0 Å². The van der Waals surface area contributed by atoms with Crippen molar-refractivity contribution in [3.8, 4) is 0 Å². The summed E-state index contributed by atoms with van der Waals surface area (Å²) in [5.74, 6) is 0.